The van der Waals surface area contributed by atoms with E-state index in [1.807, 2.05) is 43.3 Å². The van der Waals surface area contributed by atoms with Crippen molar-refractivity contribution in [1.82, 2.24) is 14.8 Å². The van der Waals surface area contributed by atoms with E-state index in [1.54, 1.807) is 0 Å². The highest BCUT2D eigenvalue weighted by atomic mass is 16.5. The van der Waals surface area contributed by atoms with Gasteiger partial charge in [-0.1, -0.05) is 44.5 Å². The quantitative estimate of drug-likeness (QED) is 0.603. The second-order valence-electron chi connectivity index (χ2n) is 8.50. The molecule has 6 heteroatoms. The maximum absolute atomic E-state index is 12.5. The molecular weight excluding hydrogens is 388 g/mol. The fourth-order valence-electron chi connectivity index (χ4n) is 3.91. The van der Waals surface area contributed by atoms with Gasteiger partial charge in [0.05, 0.1) is 0 Å². The van der Waals surface area contributed by atoms with Crippen LogP contribution in [0.4, 0.5) is 5.69 Å². The second kappa shape index (κ2) is 9.33. The van der Waals surface area contributed by atoms with E-state index in [1.165, 1.54) is 12.0 Å². The van der Waals surface area contributed by atoms with Crippen molar-refractivity contribution in [2.75, 3.05) is 11.9 Å². The van der Waals surface area contributed by atoms with Crippen molar-refractivity contribution in [3.8, 4) is 17.1 Å². The number of carbonyl (C=O) groups excluding carboxylic acids is 1. The Balaban J connectivity index is 1.43. The molecule has 0 radical (unpaired) electrons. The molecule has 0 aliphatic carbocycles. The molecule has 1 amide bonds. The minimum Gasteiger partial charge on any atom is -0.483 e. The summed E-state index contributed by atoms with van der Waals surface area (Å²) in [6.45, 7) is 7.18. The molecule has 31 heavy (non-hydrogen) atoms. The van der Waals surface area contributed by atoms with Crippen LogP contribution in [0.1, 0.15) is 56.0 Å². The van der Waals surface area contributed by atoms with E-state index in [2.05, 4.69) is 40.0 Å². The van der Waals surface area contributed by atoms with Crippen molar-refractivity contribution in [1.29, 1.82) is 0 Å². The lowest BCUT2D eigenvalue weighted by molar-refractivity contribution is -0.118. The Morgan fingerprint density at radius 2 is 2.00 bits per heavy atom. The van der Waals surface area contributed by atoms with Gasteiger partial charge in [0.1, 0.15) is 11.6 Å². The number of nitrogens with zero attached hydrogens (tertiary/aromatic N) is 3. The van der Waals surface area contributed by atoms with Crippen LogP contribution in [0.25, 0.3) is 11.4 Å². The van der Waals surface area contributed by atoms with Gasteiger partial charge in [-0.3, -0.25) is 4.79 Å². The number of benzene rings is 2. The predicted molar refractivity (Wildman–Crippen MR) is 122 cm³/mol. The fourth-order valence-corrected chi connectivity index (χ4v) is 3.91. The Hall–Kier alpha value is -3.15. The molecule has 2 heterocycles. The van der Waals surface area contributed by atoms with Gasteiger partial charge in [-0.15, -0.1) is 10.2 Å². The highest BCUT2D eigenvalue weighted by molar-refractivity contribution is 5.92. The number of rotatable bonds is 6. The number of amides is 1. The normalized spacial score (nSPS) is 13.5. The number of hydrogen-bond donors (Lipinski definition) is 1. The van der Waals surface area contributed by atoms with Gasteiger partial charge in [0.25, 0.3) is 5.91 Å². The van der Waals surface area contributed by atoms with Crippen LogP contribution >= 0.6 is 0 Å². The number of aromatic nitrogens is 3. The molecule has 0 fully saturated rings. The number of hydrogen-bond acceptors (Lipinski definition) is 4. The van der Waals surface area contributed by atoms with Gasteiger partial charge in [-0.25, -0.2) is 0 Å². The summed E-state index contributed by atoms with van der Waals surface area (Å²) in [5, 5.41) is 11.7. The monoisotopic (exact) mass is 418 g/mol. The molecule has 3 aromatic rings. The van der Waals surface area contributed by atoms with Gasteiger partial charge in [0.15, 0.2) is 12.4 Å². The zero-order valence-electron chi connectivity index (χ0n) is 18.5. The van der Waals surface area contributed by atoms with E-state index in [0.29, 0.717) is 5.92 Å². The first-order valence-electron chi connectivity index (χ1n) is 11.1. The summed E-state index contributed by atoms with van der Waals surface area (Å²) in [6.07, 6.45) is 4.49. The van der Waals surface area contributed by atoms with Crippen LogP contribution in [0.15, 0.2) is 42.5 Å². The maximum Gasteiger partial charge on any atom is 0.262 e. The fraction of sp³-hybridized carbons (Fsp3) is 0.400. The summed E-state index contributed by atoms with van der Waals surface area (Å²) >= 11 is 0. The average molecular weight is 419 g/mol. The van der Waals surface area contributed by atoms with Crippen molar-refractivity contribution in [3.05, 3.63) is 59.4 Å². The van der Waals surface area contributed by atoms with E-state index < -0.39 is 0 Å². The molecular formula is C25H30N4O2. The lowest BCUT2D eigenvalue weighted by Crippen LogP contribution is -2.20. The summed E-state index contributed by atoms with van der Waals surface area (Å²) in [5.74, 6) is 2.89. The van der Waals surface area contributed by atoms with Gasteiger partial charge < -0.3 is 14.6 Å². The minimum absolute atomic E-state index is 0.0348. The Morgan fingerprint density at radius 1 is 1.13 bits per heavy atom. The van der Waals surface area contributed by atoms with Gasteiger partial charge >= 0.3 is 0 Å². The number of ether oxygens (including phenoxy) is 1. The van der Waals surface area contributed by atoms with Crippen molar-refractivity contribution in [2.45, 2.75) is 58.9 Å². The third-order valence-electron chi connectivity index (χ3n) is 5.75. The van der Waals surface area contributed by atoms with Crippen LogP contribution in [0, 0.1) is 6.92 Å². The van der Waals surface area contributed by atoms with E-state index in [4.69, 9.17) is 4.74 Å². The van der Waals surface area contributed by atoms with Gasteiger partial charge in [0.2, 0.25) is 0 Å². The Bertz CT molecular complexity index is 1070. The lowest BCUT2D eigenvalue weighted by Gasteiger charge is -2.13. The van der Waals surface area contributed by atoms with Crippen molar-refractivity contribution in [2.24, 2.45) is 0 Å². The van der Waals surface area contributed by atoms with Crippen LogP contribution in [-0.2, 0) is 17.8 Å². The molecule has 0 saturated heterocycles. The Labute approximate surface area is 183 Å². The first-order chi connectivity index (χ1) is 15.0. The van der Waals surface area contributed by atoms with Gasteiger partial charge in [0, 0.05) is 24.2 Å². The molecule has 1 aromatic heterocycles. The number of nitrogens with one attached hydrogen (secondary N) is 1. The Kier molecular flexibility index (Phi) is 6.35. The smallest absolute Gasteiger partial charge is 0.262 e. The zero-order chi connectivity index (χ0) is 21.8. The SMILES string of the molecule is Cc1ccc(C(C)C)cc1OCC(=O)Nc1cccc(-c2nnc3n2CCCCC3)c1. The van der Waals surface area contributed by atoms with E-state index >= 15 is 0 Å². The van der Waals surface area contributed by atoms with E-state index in [9.17, 15) is 4.79 Å². The molecule has 1 N–H and O–H groups in total. The molecule has 4 rings (SSSR count). The molecule has 1 aliphatic heterocycles. The van der Waals surface area contributed by atoms with Crippen LogP contribution in [0.3, 0.4) is 0 Å². The molecule has 0 spiro atoms. The number of anilines is 1. The minimum atomic E-state index is -0.188. The third-order valence-corrected chi connectivity index (χ3v) is 5.75. The van der Waals surface area contributed by atoms with Crippen molar-refractivity contribution < 1.29 is 9.53 Å². The molecule has 0 saturated carbocycles. The molecule has 0 bridgehead atoms. The van der Waals surface area contributed by atoms with Gasteiger partial charge in [-0.2, -0.15) is 0 Å². The number of carbonyl (C=O) groups is 1. The first-order valence-corrected chi connectivity index (χ1v) is 11.1. The third kappa shape index (κ3) is 4.95. The van der Waals surface area contributed by atoms with Crippen molar-refractivity contribution in [3.63, 3.8) is 0 Å². The molecule has 2 aromatic carbocycles. The second-order valence-corrected chi connectivity index (χ2v) is 8.50. The summed E-state index contributed by atoms with van der Waals surface area (Å²) in [4.78, 5) is 12.5. The number of fused-ring (bicyclic) bond motifs is 1. The zero-order valence-corrected chi connectivity index (χ0v) is 18.5. The summed E-state index contributed by atoms with van der Waals surface area (Å²) in [6, 6.07) is 13.9. The van der Waals surface area contributed by atoms with Crippen LogP contribution in [0.5, 0.6) is 5.75 Å². The number of aryl methyl sites for hydroxylation is 2. The first kappa shape index (κ1) is 21.1. The van der Waals surface area contributed by atoms with E-state index in [0.717, 1.165) is 60.0 Å². The Morgan fingerprint density at radius 3 is 2.84 bits per heavy atom. The van der Waals surface area contributed by atoms with Crippen LogP contribution in [0.2, 0.25) is 0 Å². The highest BCUT2D eigenvalue weighted by Crippen LogP contribution is 2.26. The molecule has 162 valence electrons. The molecule has 1 aliphatic rings. The highest BCUT2D eigenvalue weighted by Gasteiger charge is 2.16. The molecule has 0 atom stereocenters. The van der Waals surface area contributed by atoms with Crippen LogP contribution < -0.4 is 10.1 Å². The maximum atomic E-state index is 12.5. The summed E-state index contributed by atoms with van der Waals surface area (Å²) < 4.78 is 8.02. The van der Waals surface area contributed by atoms with Crippen LogP contribution in [-0.4, -0.2) is 27.3 Å². The van der Waals surface area contributed by atoms with Crippen molar-refractivity contribution >= 4 is 11.6 Å². The predicted octanol–water partition coefficient (Wildman–Crippen LogP) is 5.12. The topological polar surface area (TPSA) is 69.0 Å². The summed E-state index contributed by atoms with van der Waals surface area (Å²) in [7, 11) is 0. The molecule has 6 nitrogen and oxygen atoms in total. The average Bonchev–Trinajstić information content (AvgIpc) is 3.01. The lowest BCUT2D eigenvalue weighted by atomic mass is 10.0. The van der Waals surface area contributed by atoms with E-state index in [-0.39, 0.29) is 12.5 Å². The summed E-state index contributed by atoms with van der Waals surface area (Å²) in [5.41, 5.74) is 3.90. The van der Waals surface area contributed by atoms with Gasteiger partial charge in [-0.05, 0) is 55.0 Å². The largest absolute Gasteiger partial charge is 0.483 e. The standard InChI is InChI=1S/C25H30N4O2/c1-17(2)19-12-11-18(3)22(15-19)31-16-24(30)26-21-9-7-8-20(14-21)25-28-27-23-10-5-4-6-13-29(23)25/h7-9,11-12,14-15,17H,4-6,10,13,16H2,1-3H3,(H,26,30). The molecule has 0 unspecified atom stereocenters.